The van der Waals surface area contributed by atoms with Gasteiger partial charge in [0.25, 0.3) is 0 Å². The van der Waals surface area contributed by atoms with Crippen LogP contribution >= 0.6 is 11.5 Å². The third-order valence-corrected chi connectivity index (χ3v) is 3.99. The van der Waals surface area contributed by atoms with Gasteiger partial charge >= 0.3 is 0 Å². The molecule has 1 aliphatic heterocycles. The Morgan fingerprint density at radius 3 is 2.89 bits per heavy atom. The third kappa shape index (κ3) is 2.37. The van der Waals surface area contributed by atoms with Crippen molar-refractivity contribution < 1.29 is 0 Å². The number of aromatic nitrogens is 2. The zero-order valence-corrected chi connectivity index (χ0v) is 11.0. The van der Waals surface area contributed by atoms with Crippen LogP contribution in [0, 0.1) is 0 Å². The first kappa shape index (κ1) is 11.6. The van der Waals surface area contributed by atoms with Gasteiger partial charge in [-0.25, -0.2) is 0 Å². The van der Waals surface area contributed by atoms with E-state index in [1.54, 1.807) is 0 Å². The molecule has 2 aromatic rings. The number of benzene rings is 1. The molecular weight excluding hydrogens is 244 g/mol. The van der Waals surface area contributed by atoms with E-state index in [-0.39, 0.29) is 0 Å². The van der Waals surface area contributed by atoms with Crippen molar-refractivity contribution in [2.75, 3.05) is 12.3 Å². The number of nitrogens with two attached hydrogens (primary N) is 1. The fourth-order valence-electron chi connectivity index (χ4n) is 2.44. The molecule has 1 aromatic heterocycles. The lowest BCUT2D eigenvalue weighted by atomic mass is 10.0. The smallest absolute Gasteiger partial charge is 0.132 e. The molecule has 3 rings (SSSR count). The SMILES string of the molecule is Nc1snnc1CN1CCCc2ccccc2C1. The Kier molecular flexibility index (Phi) is 3.25. The quantitative estimate of drug-likeness (QED) is 0.898. The van der Waals surface area contributed by atoms with Crippen LogP contribution in [0.25, 0.3) is 0 Å². The largest absolute Gasteiger partial charge is 0.388 e. The molecular formula is C13H16N4S. The summed E-state index contributed by atoms with van der Waals surface area (Å²) in [5, 5.41) is 4.84. The molecule has 0 radical (unpaired) electrons. The number of anilines is 1. The summed E-state index contributed by atoms with van der Waals surface area (Å²) in [4.78, 5) is 2.40. The molecule has 0 unspecified atom stereocenters. The van der Waals surface area contributed by atoms with Crippen LogP contribution < -0.4 is 5.73 Å². The highest BCUT2D eigenvalue weighted by atomic mass is 32.1. The monoisotopic (exact) mass is 260 g/mol. The van der Waals surface area contributed by atoms with Gasteiger partial charge in [0, 0.05) is 24.6 Å². The molecule has 0 aliphatic carbocycles. The normalized spacial score (nSPS) is 16.2. The number of hydrogen-bond donors (Lipinski definition) is 1. The molecule has 1 aromatic carbocycles. The molecule has 5 heteroatoms. The van der Waals surface area contributed by atoms with Gasteiger partial charge in [-0.2, -0.15) is 0 Å². The molecule has 94 valence electrons. The first-order chi connectivity index (χ1) is 8.83. The fourth-order valence-corrected chi connectivity index (χ4v) is 2.88. The third-order valence-electron chi connectivity index (χ3n) is 3.39. The van der Waals surface area contributed by atoms with Gasteiger partial charge in [-0.05, 0) is 30.5 Å². The average molecular weight is 260 g/mol. The van der Waals surface area contributed by atoms with Crippen LogP contribution in [0.2, 0.25) is 0 Å². The van der Waals surface area contributed by atoms with Gasteiger partial charge in [0.05, 0.1) is 0 Å². The Hall–Kier alpha value is -1.46. The zero-order chi connectivity index (χ0) is 12.4. The van der Waals surface area contributed by atoms with Crippen molar-refractivity contribution in [2.24, 2.45) is 0 Å². The maximum Gasteiger partial charge on any atom is 0.132 e. The summed E-state index contributed by atoms with van der Waals surface area (Å²) in [6, 6.07) is 8.69. The Bertz CT molecular complexity index is 537. The van der Waals surface area contributed by atoms with Crippen LogP contribution in [-0.2, 0) is 19.5 Å². The Morgan fingerprint density at radius 1 is 1.28 bits per heavy atom. The number of nitrogen functional groups attached to an aromatic ring is 1. The van der Waals surface area contributed by atoms with E-state index in [4.69, 9.17) is 5.73 Å². The van der Waals surface area contributed by atoms with Crippen molar-refractivity contribution in [1.29, 1.82) is 0 Å². The lowest BCUT2D eigenvalue weighted by molar-refractivity contribution is 0.258. The van der Waals surface area contributed by atoms with Crippen LogP contribution in [-0.4, -0.2) is 21.0 Å². The van der Waals surface area contributed by atoms with Crippen LogP contribution in [0.1, 0.15) is 23.2 Å². The zero-order valence-electron chi connectivity index (χ0n) is 10.2. The lowest BCUT2D eigenvalue weighted by Crippen LogP contribution is -2.23. The molecule has 2 heterocycles. The van der Waals surface area contributed by atoms with Gasteiger partial charge in [0.15, 0.2) is 0 Å². The van der Waals surface area contributed by atoms with Gasteiger partial charge in [0.2, 0.25) is 0 Å². The molecule has 2 N–H and O–H groups in total. The van der Waals surface area contributed by atoms with Gasteiger partial charge in [0.1, 0.15) is 10.7 Å². The lowest BCUT2D eigenvalue weighted by Gasteiger charge is -2.19. The van der Waals surface area contributed by atoms with Crippen LogP contribution in [0.4, 0.5) is 5.00 Å². The maximum absolute atomic E-state index is 5.86. The maximum atomic E-state index is 5.86. The summed E-state index contributed by atoms with van der Waals surface area (Å²) in [7, 11) is 0. The Morgan fingerprint density at radius 2 is 2.11 bits per heavy atom. The van der Waals surface area contributed by atoms with E-state index in [1.807, 2.05) is 0 Å². The molecule has 0 bridgehead atoms. The molecule has 0 atom stereocenters. The first-order valence-electron chi connectivity index (χ1n) is 6.19. The second-order valence-electron chi connectivity index (χ2n) is 4.67. The highest BCUT2D eigenvalue weighted by molar-refractivity contribution is 7.09. The molecule has 18 heavy (non-hydrogen) atoms. The van der Waals surface area contributed by atoms with E-state index < -0.39 is 0 Å². The number of rotatable bonds is 2. The number of aryl methyl sites for hydroxylation is 1. The molecule has 0 spiro atoms. The molecule has 1 aliphatic rings. The summed E-state index contributed by atoms with van der Waals surface area (Å²) in [6.45, 7) is 2.87. The minimum Gasteiger partial charge on any atom is -0.388 e. The van der Waals surface area contributed by atoms with Gasteiger partial charge in [-0.1, -0.05) is 28.8 Å². The first-order valence-corrected chi connectivity index (χ1v) is 6.96. The van der Waals surface area contributed by atoms with E-state index in [1.165, 1.54) is 29.1 Å². The van der Waals surface area contributed by atoms with E-state index in [0.717, 1.165) is 36.8 Å². The van der Waals surface area contributed by atoms with Gasteiger partial charge in [-0.15, -0.1) is 5.10 Å². The van der Waals surface area contributed by atoms with Crippen molar-refractivity contribution in [3.63, 3.8) is 0 Å². The summed E-state index contributed by atoms with van der Waals surface area (Å²) in [5.74, 6) is 0. The second-order valence-corrected chi connectivity index (χ2v) is 5.45. The average Bonchev–Trinajstić information content (AvgIpc) is 2.66. The summed E-state index contributed by atoms with van der Waals surface area (Å²) in [6.07, 6.45) is 2.35. The number of hydrogen-bond acceptors (Lipinski definition) is 5. The van der Waals surface area contributed by atoms with E-state index in [2.05, 4.69) is 38.8 Å². The minimum absolute atomic E-state index is 0.743. The van der Waals surface area contributed by atoms with Gasteiger partial charge in [-0.3, -0.25) is 4.90 Å². The Labute approximate surface area is 111 Å². The number of fused-ring (bicyclic) bond motifs is 1. The predicted molar refractivity (Wildman–Crippen MR) is 73.2 cm³/mol. The molecule has 4 nitrogen and oxygen atoms in total. The van der Waals surface area contributed by atoms with Crippen LogP contribution in [0.15, 0.2) is 24.3 Å². The highest BCUT2D eigenvalue weighted by Crippen LogP contribution is 2.21. The summed E-state index contributed by atoms with van der Waals surface area (Å²) < 4.78 is 3.89. The van der Waals surface area contributed by atoms with Crippen molar-refractivity contribution >= 4 is 16.5 Å². The minimum atomic E-state index is 0.743. The van der Waals surface area contributed by atoms with E-state index in [9.17, 15) is 0 Å². The van der Waals surface area contributed by atoms with E-state index >= 15 is 0 Å². The second kappa shape index (κ2) is 5.04. The van der Waals surface area contributed by atoms with E-state index in [0.29, 0.717) is 0 Å². The molecule has 0 fully saturated rings. The predicted octanol–water partition coefficient (Wildman–Crippen LogP) is 2.07. The van der Waals surface area contributed by atoms with Crippen LogP contribution in [0.5, 0.6) is 0 Å². The standard InChI is InChI=1S/C13H16N4S/c14-13-12(15-16-18-13)9-17-7-3-6-10-4-1-2-5-11(10)8-17/h1-2,4-5H,3,6-9,14H2. The Balaban J connectivity index is 1.77. The number of nitrogens with zero attached hydrogens (tertiary/aromatic N) is 3. The highest BCUT2D eigenvalue weighted by Gasteiger charge is 2.16. The molecule has 0 saturated carbocycles. The molecule has 0 saturated heterocycles. The summed E-state index contributed by atoms with van der Waals surface area (Å²) >= 11 is 1.27. The topological polar surface area (TPSA) is 55.0 Å². The van der Waals surface area contributed by atoms with Gasteiger partial charge < -0.3 is 5.73 Å². The van der Waals surface area contributed by atoms with Crippen molar-refractivity contribution in [3.05, 3.63) is 41.1 Å². The van der Waals surface area contributed by atoms with Crippen molar-refractivity contribution in [2.45, 2.75) is 25.9 Å². The summed E-state index contributed by atoms with van der Waals surface area (Å²) in [5.41, 5.74) is 9.68. The van der Waals surface area contributed by atoms with Crippen LogP contribution in [0.3, 0.4) is 0 Å². The van der Waals surface area contributed by atoms with Crippen molar-refractivity contribution in [3.8, 4) is 0 Å². The van der Waals surface area contributed by atoms with Crippen molar-refractivity contribution in [1.82, 2.24) is 14.5 Å². The fraction of sp³-hybridized carbons (Fsp3) is 0.385. The molecule has 0 amide bonds.